The molecule has 0 aliphatic carbocycles. The third kappa shape index (κ3) is 5.56. The number of anilines is 1. The van der Waals surface area contributed by atoms with Crippen molar-refractivity contribution in [3.63, 3.8) is 0 Å². The molecule has 0 radical (unpaired) electrons. The van der Waals surface area contributed by atoms with Gasteiger partial charge in [0.2, 0.25) is 5.91 Å². The average Bonchev–Trinajstić information content (AvgIpc) is 3.04. The molecule has 1 amide bonds. The van der Waals surface area contributed by atoms with Crippen molar-refractivity contribution >= 4 is 34.1 Å². The van der Waals surface area contributed by atoms with Crippen LogP contribution in [0.3, 0.4) is 0 Å². The summed E-state index contributed by atoms with van der Waals surface area (Å²) < 4.78 is 0. The van der Waals surface area contributed by atoms with Gasteiger partial charge in [-0.1, -0.05) is 25.1 Å². The minimum Gasteiger partial charge on any atom is -0.301 e. The maximum Gasteiger partial charge on any atom is 0.239 e. The number of carbonyl (C=O) groups excluding carboxylic acids is 1. The van der Waals surface area contributed by atoms with Crippen LogP contribution in [0.1, 0.15) is 32.4 Å². The molecular formula is C19H25N3OS2. The number of hydrogen-bond acceptors (Lipinski definition) is 5. The predicted molar refractivity (Wildman–Crippen MR) is 106 cm³/mol. The van der Waals surface area contributed by atoms with Gasteiger partial charge >= 0.3 is 0 Å². The van der Waals surface area contributed by atoms with Gasteiger partial charge in [-0.2, -0.15) is 0 Å². The van der Waals surface area contributed by atoms with Crippen LogP contribution in [0.15, 0.2) is 40.6 Å². The lowest BCUT2D eigenvalue weighted by atomic mass is 9.99. The Morgan fingerprint density at radius 1 is 1.36 bits per heavy atom. The van der Waals surface area contributed by atoms with Gasteiger partial charge in [0.25, 0.3) is 0 Å². The molecule has 1 atom stereocenters. The first-order valence-corrected chi connectivity index (χ1v) is 10.6. The van der Waals surface area contributed by atoms with E-state index < -0.39 is 0 Å². The van der Waals surface area contributed by atoms with Gasteiger partial charge in [-0.05, 0) is 50.9 Å². The van der Waals surface area contributed by atoms with Gasteiger partial charge < -0.3 is 5.32 Å². The third-order valence-corrected chi connectivity index (χ3v) is 6.39. The average molecular weight is 376 g/mol. The number of hydrogen-bond donors (Lipinski definition) is 1. The lowest BCUT2D eigenvalue weighted by Crippen LogP contribution is -2.32. The molecule has 0 saturated carbocycles. The molecule has 0 bridgehead atoms. The van der Waals surface area contributed by atoms with Crippen LogP contribution in [0.25, 0.3) is 0 Å². The Labute approximate surface area is 158 Å². The van der Waals surface area contributed by atoms with Crippen LogP contribution < -0.4 is 5.32 Å². The van der Waals surface area contributed by atoms with Crippen molar-refractivity contribution < 1.29 is 4.79 Å². The van der Waals surface area contributed by atoms with Gasteiger partial charge in [0.15, 0.2) is 5.13 Å². The summed E-state index contributed by atoms with van der Waals surface area (Å²) in [5.74, 6) is 0.840. The molecule has 1 aliphatic heterocycles. The number of carbonyl (C=O) groups is 1. The van der Waals surface area contributed by atoms with Crippen LogP contribution in [0.2, 0.25) is 0 Å². The van der Waals surface area contributed by atoms with Gasteiger partial charge in [0.05, 0.1) is 10.9 Å². The lowest BCUT2D eigenvalue weighted by Gasteiger charge is -2.29. The largest absolute Gasteiger partial charge is 0.301 e. The lowest BCUT2D eigenvalue weighted by molar-refractivity contribution is -0.115. The summed E-state index contributed by atoms with van der Waals surface area (Å²) in [5.41, 5.74) is 1.05. The number of nitrogens with one attached hydrogen (secondary N) is 1. The SMILES string of the molecule is CC1CCN(Cc2csc(NC(=O)C(C)Sc3ccccc3)n2)CC1. The molecule has 1 N–H and O–H groups in total. The third-order valence-electron chi connectivity index (χ3n) is 4.47. The van der Waals surface area contributed by atoms with E-state index in [-0.39, 0.29) is 11.2 Å². The number of rotatable bonds is 6. The van der Waals surface area contributed by atoms with Crippen molar-refractivity contribution in [3.05, 3.63) is 41.4 Å². The second kappa shape index (κ2) is 8.83. The Bertz CT molecular complexity index is 681. The number of thiazole rings is 1. The van der Waals surface area contributed by atoms with Crippen molar-refractivity contribution in [2.75, 3.05) is 18.4 Å². The number of aromatic nitrogens is 1. The van der Waals surface area contributed by atoms with Crippen LogP contribution in [0.4, 0.5) is 5.13 Å². The van der Waals surface area contributed by atoms with Crippen molar-refractivity contribution in [2.24, 2.45) is 5.92 Å². The molecule has 2 aromatic rings. The second-order valence-corrected chi connectivity index (χ2v) is 8.94. The number of amides is 1. The summed E-state index contributed by atoms with van der Waals surface area (Å²) in [5, 5.41) is 5.56. The Hall–Kier alpha value is -1.37. The fourth-order valence-electron chi connectivity index (χ4n) is 2.85. The number of benzene rings is 1. The number of nitrogens with zero attached hydrogens (tertiary/aromatic N) is 2. The van der Waals surface area contributed by atoms with E-state index in [1.165, 1.54) is 24.2 Å². The maximum absolute atomic E-state index is 12.4. The summed E-state index contributed by atoms with van der Waals surface area (Å²) in [6, 6.07) is 10.0. The van der Waals surface area contributed by atoms with Crippen LogP contribution in [0, 0.1) is 5.92 Å². The normalized spacial score (nSPS) is 17.4. The van der Waals surface area contributed by atoms with Gasteiger partial charge in [0, 0.05) is 16.8 Å². The van der Waals surface area contributed by atoms with Crippen molar-refractivity contribution in [2.45, 2.75) is 43.4 Å². The molecule has 25 heavy (non-hydrogen) atoms. The fraction of sp³-hybridized carbons (Fsp3) is 0.474. The fourth-order valence-corrected chi connectivity index (χ4v) is 4.44. The standard InChI is InChI=1S/C19H25N3OS2/c1-14-8-10-22(11-9-14)12-16-13-24-19(20-16)21-18(23)15(2)25-17-6-4-3-5-7-17/h3-7,13-15H,8-12H2,1-2H3,(H,20,21,23). The number of likely N-dealkylation sites (tertiary alicyclic amines) is 1. The maximum atomic E-state index is 12.4. The van der Waals surface area contributed by atoms with E-state index in [2.05, 4.69) is 27.5 Å². The first-order valence-electron chi connectivity index (χ1n) is 8.79. The van der Waals surface area contributed by atoms with Gasteiger partial charge in [0.1, 0.15) is 0 Å². The zero-order valence-electron chi connectivity index (χ0n) is 14.8. The quantitative estimate of drug-likeness (QED) is 0.756. The van der Waals surface area contributed by atoms with E-state index in [0.29, 0.717) is 5.13 Å². The monoisotopic (exact) mass is 375 g/mol. The molecule has 4 nitrogen and oxygen atoms in total. The van der Waals surface area contributed by atoms with Gasteiger partial charge in [-0.3, -0.25) is 9.69 Å². The molecule has 1 fully saturated rings. The van der Waals surface area contributed by atoms with Crippen LogP contribution in [-0.2, 0) is 11.3 Å². The first kappa shape index (κ1) is 18.4. The van der Waals surface area contributed by atoms with E-state index in [4.69, 9.17) is 0 Å². The van der Waals surface area contributed by atoms with E-state index in [1.807, 2.05) is 37.3 Å². The van der Waals surface area contributed by atoms with Crippen LogP contribution in [0.5, 0.6) is 0 Å². The van der Waals surface area contributed by atoms with E-state index >= 15 is 0 Å². The number of piperidine rings is 1. The van der Waals surface area contributed by atoms with Crippen molar-refractivity contribution in [3.8, 4) is 0 Å². The van der Waals surface area contributed by atoms with Crippen molar-refractivity contribution in [1.82, 2.24) is 9.88 Å². The number of thioether (sulfide) groups is 1. The molecule has 1 aliphatic rings. The predicted octanol–water partition coefficient (Wildman–Crippen LogP) is 4.49. The summed E-state index contributed by atoms with van der Waals surface area (Å²) in [6.45, 7) is 7.42. The summed E-state index contributed by atoms with van der Waals surface area (Å²) in [4.78, 5) is 20.5. The molecule has 1 saturated heterocycles. The molecule has 6 heteroatoms. The van der Waals surface area contributed by atoms with Gasteiger partial charge in [-0.15, -0.1) is 23.1 Å². The minimum absolute atomic E-state index is 0.00144. The topological polar surface area (TPSA) is 45.2 Å². The van der Waals surface area contributed by atoms with Crippen molar-refractivity contribution in [1.29, 1.82) is 0 Å². The second-order valence-electron chi connectivity index (χ2n) is 6.67. The van der Waals surface area contributed by atoms with Gasteiger partial charge in [-0.25, -0.2) is 4.98 Å². The molecule has 1 aromatic carbocycles. The highest BCUT2D eigenvalue weighted by molar-refractivity contribution is 8.00. The highest BCUT2D eigenvalue weighted by Crippen LogP contribution is 2.25. The molecule has 0 spiro atoms. The molecule has 3 rings (SSSR count). The Morgan fingerprint density at radius 3 is 2.80 bits per heavy atom. The zero-order chi connectivity index (χ0) is 17.6. The Kier molecular flexibility index (Phi) is 6.51. The van der Waals surface area contributed by atoms with E-state index in [1.54, 1.807) is 11.8 Å². The van der Waals surface area contributed by atoms with E-state index in [0.717, 1.165) is 36.1 Å². The van der Waals surface area contributed by atoms with Crippen LogP contribution in [-0.4, -0.2) is 34.1 Å². The zero-order valence-corrected chi connectivity index (χ0v) is 16.4. The smallest absolute Gasteiger partial charge is 0.239 e. The molecule has 134 valence electrons. The molecule has 1 unspecified atom stereocenters. The van der Waals surface area contributed by atoms with E-state index in [9.17, 15) is 4.79 Å². The Morgan fingerprint density at radius 2 is 2.08 bits per heavy atom. The highest BCUT2D eigenvalue weighted by Gasteiger charge is 2.18. The molecule has 2 heterocycles. The van der Waals surface area contributed by atoms with Crippen LogP contribution >= 0.6 is 23.1 Å². The molecular weight excluding hydrogens is 350 g/mol. The molecule has 1 aromatic heterocycles. The summed E-state index contributed by atoms with van der Waals surface area (Å²) >= 11 is 3.07. The summed E-state index contributed by atoms with van der Waals surface area (Å²) in [7, 11) is 0. The minimum atomic E-state index is -0.154. The highest BCUT2D eigenvalue weighted by atomic mass is 32.2. The first-order chi connectivity index (χ1) is 12.1. The summed E-state index contributed by atoms with van der Waals surface area (Å²) in [6.07, 6.45) is 2.53. The Balaban J connectivity index is 1.49.